The Balaban J connectivity index is 3.35. The van der Waals surface area contributed by atoms with E-state index >= 15 is 0 Å². The molecule has 450 valence electrons. The molecule has 0 aliphatic rings. The topological polar surface area (TPSA) is 95.9 Å². The van der Waals surface area contributed by atoms with E-state index in [1.165, 1.54) is 315 Å². The van der Waals surface area contributed by atoms with Gasteiger partial charge in [-0.15, -0.1) is 0 Å². The minimum Gasteiger partial charge on any atom is -0.466 e. The lowest BCUT2D eigenvalue weighted by molar-refractivity contribution is -0.143. The Morgan fingerprint density at radius 1 is 0.355 bits per heavy atom. The Hall–Kier alpha value is -1.66. The quantitative estimate of drug-likeness (QED) is 0.0320. The number of hydrogen-bond donors (Lipinski definition) is 3. The van der Waals surface area contributed by atoms with E-state index in [-0.39, 0.29) is 18.5 Å². The third kappa shape index (κ3) is 61.6. The van der Waals surface area contributed by atoms with Crippen molar-refractivity contribution >= 4 is 11.9 Å². The average Bonchev–Trinajstić information content (AvgIpc) is 3.42. The van der Waals surface area contributed by atoms with Crippen LogP contribution in [0.15, 0.2) is 24.3 Å². The maximum Gasteiger partial charge on any atom is 0.305 e. The van der Waals surface area contributed by atoms with Crippen LogP contribution in [-0.4, -0.2) is 47.4 Å². The number of allylic oxidation sites excluding steroid dienone is 3. The number of rotatable bonds is 65. The third-order valence-corrected chi connectivity index (χ3v) is 16.2. The molecular weight excluding hydrogens is 935 g/mol. The van der Waals surface area contributed by atoms with Gasteiger partial charge in [0.2, 0.25) is 5.91 Å². The zero-order valence-electron chi connectivity index (χ0n) is 51.5. The summed E-state index contributed by atoms with van der Waals surface area (Å²) in [4.78, 5) is 24.5. The number of carbonyl (C=O) groups excluding carboxylic acids is 2. The van der Waals surface area contributed by atoms with E-state index in [1.54, 1.807) is 6.08 Å². The zero-order valence-corrected chi connectivity index (χ0v) is 51.5. The number of aliphatic hydroxyl groups is 2. The van der Waals surface area contributed by atoms with Gasteiger partial charge in [0, 0.05) is 12.8 Å². The second-order valence-corrected chi connectivity index (χ2v) is 23.9. The number of amides is 1. The summed E-state index contributed by atoms with van der Waals surface area (Å²) in [7, 11) is 0. The largest absolute Gasteiger partial charge is 0.466 e. The van der Waals surface area contributed by atoms with Crippen molar-refractivity contribution in [2.45, 2.75) is 398 Å². The minimum atomic E-state index is -0.842. The van der Waals surface area contributed by atoms with Gasteiger partial charge in [-0.3, -0.25) is 9.59 Å². The smallest absolute Gasteiger partial charge is 0.305 e. The van der Waals surface area contributed by atoms with Gasteiger partial charge < -0.3 is 20.3 Å². The number of unbranched alkanes of at least 4 members (excludes halogenated alkanes) is 52. The van der Waals surface area contributed by atoms with Crippen LogP contribution in [0.4, 0.5) is 0 Å². The van der Waals surface area contributed by atoms with Crippen LogP contribution in [0, 0.1) is 0 Å². The summed E-state index contributed by atoms with van der Waals surface area (Å²) >= 11 is 0. The zero-order chi connectivity index (χ0) is 55.0. The molecule has 0 radical (unpaired) electrons. The van der Waals surface area contributed by atoms with Crippen molar-refractivity contribution in [2.75, 3.05) is 13.2 Å². The molecule has 6 heteroatoms. The van der Waals surface area contributed by atoms with Crippen molar-refractivity contribution in [3.63, 3.8) is 0 Å². The number of nitrogens with one attached hydrogen (secondary N) is 1. The van der Waals surface area contributed by atoms with E-state index in [0.717, 1.165) is 44.9 Å². The summed E-state index contributed by atoms with van der Waals surface area (Å²) in [6, 6.07) is -0.625. The van der Waals surface area contributed by atoms with Gasteiger partial charge in [-0.05, 0) is 57.8 Å². The van der Waals surface area contributed by atoms with E-state index in [0.29, 0.717) is 19.4 Å². The molecule has 3 N–H and O–H groups in total. The Labute approximate surface area is 475 Å². The molecule has 0 aromatic rings. The highest BCUT2D eigenvalue weighted by molar-refractivity contribution is 5.76. The highest BCUT2D eigenvalue weighted by atomic mass is 16.5. The van der Waals surface area contributed by atoms with Gasteiger partial charge in [0.25, 0.3) is 0 Å². The molecule has 1 amide bonds. The lowest BCUT2D eigenvalue weighted by Gasteiger charge is -2.20. The van der Waals surface area contributed by atoms with E-state index in [2.05, 4.69) is 31.3 Å². The maximum atomic E-state index is 12.5. The Kier molecular flexibility index (Phi) is 64.4. The lowest BCUT2D eigenvalue weighted by atomic mass is 10.0. The van der Waals surface area contributed by atoms with Crippen molar-refractivity contribution in [3.05, 3.63) is 24.3 Å². The van der Waals surface area contributed by atoms with Crippen molar-refractivity contribution in [2.24, 2.45) is 0 Å². The van der Waals surface area contributed by atoms with Gasteiger partial charge >= 0.3 is 5.97 Å². The molecule has 0 aliphatic heterocycles. The fraction of sp³-hybridized carbons (Fsp3) is 0.914. The number of hydrogen-bond acceptors (Lipinski definition) is 5. The molecule has 0 saturated carbocycles. The number of ether oxygens (including phenoxy) is 1. The molecule has 0 rings (SSSR count). The number of esters is 1. The number of carbonyl (C=O) groups is 2. The highest BCUT2D eigenvalue weighted by Crippen LogP contribution is 2.19. The molecule has 0 aromatic carbocycles. The molecule has 0 aromatic heterocycles. The number of aliphatic hydroxyl groups excluding tert-OH is 2. The van der Waals surface area contributed by atoms with Crippen molar-refractivity contribution < 1.29 is 24.5 Å². The standard InChI is InChI=1S/C70H135NO5/c1-3-5-7-9-11-13-15-17-19-35-38-42-46-50-54-58-62-68(73)67(66-72)71-69(74)63-59-55-51-47-43-39-36-33-31-29-27-25-23-21-20-22-24-26-28-30-32-34-37-41-45-49-53-57-61-65-76-70(75)64-60-56-52-48-44-40-18-16-14-12-10-8-6-4-2/h16,18,58,62,67-68,72-73H,3-15,17,19-57,59-61,63-66H2,1-2H3,(H,71,74)/b18-16-,62-58+. The second-order valence-electron chi connectivity index (χ2n) is 23.9. The summed E-state index contributed by atoms with van der Waals surface area (Å²) in [6.45, 7) is 4.92. The first-order valence-electron chi connectivity index (χ1n) is 34.6. The molecule has 0 aliphatic carbocycles. The first kappa shape index (κ1) is 74.3. The van der Waals surface area contributed by atoms with Crippen LogP contribution in [0.2, 0.25) is 0 Å². The summed E-state index contributed by atoms with van der Waals surface area (Å²) in [5.41, 5.74) is 0. The first-order valence-corrected chi connectivity index (χ1v) is 34.6. The van der Waals surface area contributed by atoms with Gasteiger partial charge in [-0.1, -0.05) is 340 Å². The molecule has 6 nitrogen and oxygen atoms in total. The molecule has 0 saturated heterocycles. The first-order chi connectivity index (χ1) is 37.5. The average molecular weight is 1070 g/mol. The molecule has 2 atom stereocenters. The molecule has 0 bridgehead atoms. The van der Waals surface area contributed by atoms with E-state index in [4.69, 9.17) is 4.74 Å². The maximum absolute atomic E-state index is 12.5. The predicted octanol–water partition coefficient (Wildman–Crippen LogP) is 22.1. The highest BCUT2D eigenvalue weighted by Gasteiger charge is 2.18. The van der Waals surface area contributed by atoms with Gasteiger partial charge in [0.05, 0.1) is 25.4 Å². The predicted molar refractivity (Wildman–Crippen MR) is 333 cm³/mol. The summed E-state index contributed by atoms with van der Waals surface area (Å²) in [5.74, 6) is -0.0506. The Bertz CT molecular complexity index is 1190. The van der Waals surface area contributed by atoms with Crippen LogP contribution in [0.25, 0.3) is 0 Å². The summed E-state index contributed by atoms with van der Waals surface area (Å²) < 4.78 is 5.49. The van der Waals surface area contributed by atoms with Crippen LogP contribution >= 0.6 is 0 Å². The minimum absolute atomic E-state index is 0.0111. The van der Waals surface area contributed by atoms with Crippen molar-refractivity contribution in [3.8, 4) is 0 Å². The second kappa shape index (κ2) is 65.9. The SMILES string of the molecule is CCCCCCC/C=C\CCCCCCCC(=O)OCCCCCCCCCCCCCCCCCCCCCCCCCCCCCCCC(=O)NC(CO)C(O)/C=C/CCCCCCCCCCCCCCCC. The Morgan fingerprint density at radius 3 is 0.934 bits per heavy atom. The molecule has 76 heavy (non-hydrogen) atoms. The fourth-order valence-corrected chi connectivity index (χ4v) is 10.9. The normalized spacial score (nSPS) is 12.6. The summed E-state index contributed by atoms with van der Waals surface area (Å²) in [5, 5.41) is 23.2. The molecule has 2 unspecified atom stereocenters. The van der Waals surface area contributed by atoms with Crippen LogP contribution < -0.4 is 5.32 Å². The lowest BCUT2D eigenvalue weighted by Crippen LogP contribution is -2.45. The van der Waals surface area contributed by atoms with Crippen molar-refractivity contribution in [1.82, 2.24) is 5.32 Å². The van der Waals surface area contributed by atoms with Crippen LogP contribution in [0.5, 0.6) is 0 Å². The van der Waals surface area contributed by atoms with E-state index < -0.39 is 12.1 Å². The molecule has 0 fully saturated rings. The third-order valence-electron chi connectivity index (χ3n) is 16.2. The van der Waals surface area contributed by atoms with Gasteiger partial charge in [-0.25, -0.2) is 0 Å². The van der Waals surface area contributed by atoms with Crippen molar-refractivity contribution in [1.29, 1.82) is 0 Å². The monoisotopic (exact) mass is 1070 g/mol. The van der Waals surface area contributed by atoms with Crippen LogP contribution in [0.1, 0.15) is 386 Å². The fourth-order valence-electron chi connectivity index (χ4n) is 10.9. The Morgan fingerprint density at radius 2 is 0.618 bits per heavy atom. The van der Waals surface area contributed by atoms with Gasteiger partial charge in [0.1, 0.15) is 0 Å². The van der Waals surface area contributed by atoms with E-state index in [9.17, 15) is 19.8 Å². The molecule has 0 spiro atoms. The van der Waals surface area contributed by atoms with Gasteiger partial charge in [-0.2, -0.15) is 0 Å². The van der Waals surface area contributed by atoms with Crippen LogP contribution in [-0.2, 0) is 14.3 Å². The molecular formula is C70H135NO5. The van der Waals surface area contributed by atoms with E-state index in [1.807, 2.05) is 6.08 Å². The van der Waals surface area contributed by atoms with Gasteiger partial charge in [0.15, 0.2) is 0 Å². The molecule has 0 heterocycles. The van der Waals surface area contributed by atoms with Crippen LogP contribution in [0.3, 0.4) is 0 Å². The summed E-state index contributed by atoms with van der Waals surface area (Å²) in [6.07, 6.45) is 82.5.